The van der Waals surface area contributed by atoms with Crippen LogP contribution in [0.15, 0.2) is 0 Å². The molecule has 1 rings (SSSR count). The van der Waals surface area contributed by atoms with E-state index < -0.39 is 5.97 Å². The van der Waals surface area contributed by atoms with Gasteiger partial charge in [-0.3, -0.25) is 9.59 Å². The fraction of sp³-hybridized carbons (Fsp3) is 0.857. The van der Waals surface area contributed by atoms with Gasteiger partial charge in [-0.1, -0.05) is 13.8 Å². The minimum Gasteiger partial charge on any atom is -0.481 e. The Bertz CT molecular complexity index is 301. The molecule has 1 saturated carbocycles. The Labute approximate surface area is 115 Å². The molecule has 0 aromatic heterocycles. The highest BCUT2D eigenvalue weighted by molar-refractivity contribution is 5.78. The smallest absolute Gasteiger partial charge is 0.303 e. The third kappa shape index (κ3) is 8.59. The molecule has 0 bridgehead atoms. The molecular weight excluding hydrogens is 244 g/mol. The average molecular weight is 270 g/mol. The molecule has 0 spiro atoms. The number of carboxylic acid groups (broad SMARTS) is 1. The lowest BCUT2D eigenvalue weighted by atomic mass is 9.94. The largest absolute Gasteiger partial charge is 0.481 e. The number of carbonyl (C=O) groups is 2. The Hall–Kier alpha value is -1.10. The summed E-state index contributed by atoms with van der Waals surface area (Å²) in [6.45, 7) is 5.83. The van der Waals surface area contributed by atoms with Crippen LogP contribution in [0.5, 0.6) is 0 Å². The molecule has 19 heavy (non-hydrogen) atoms. The van der Waals surface area contributed by atoms with E-state index >= 15 is 0 Å². The lowest BCUT2D eigenvalue weighted by molar-refractivity contribution is -0.138. The van der Waals surface area contributed by atoms with Crippen molar-refractivity contribution in [2.75, 3.05) is 19.6 Å². The van der Waals surface area contributed by atoms with E-state index in [0.717, 1.165) is 18.9 Å². The summed E-state index contributed by atoms with van der Waals surface area (Å²) in [5, 5.41) is 14.8. The highest BCUT2D eigenvalue weighted by atomic mass is 16.4. The van der Waals surface area contributed by atoms with Crippen LogP contribution in [0.3, 0.4) is 0 Å². The summed E-state index contributed by atoms with van der Waals surface area (Å²) in [6, 6.07) is 0. The van der Waals surface area contributed by atoms with E-state index in [9.17, 15) is 9.59 Å². The van der Waals surface area contributed by atoms with Gasteiger partial charge >= 0.3 is 5.97 Å². The Morgan fingerprint density at radius 3 is 2.53 bits per heavy atom. The molecule has 0 radical (unpaired) electrons. The van der Waals surface area contributed by atoms with Gasteiger partial charge < -0.3 is 15.7 Å². The summed E-state index contributed by atoms with van der Waals surface area (Å²) in [5.74, 6) is 0.374. The van der Waals surface area contributed by atoms with Crippen LogP contribution in [-0.2, 0) is 9.59 Å². The van der Waals surface area contributed by atoms with Crippen LogP contribution in [0.4, 0.5) is 0 Å². The monoisotopic (exact) mass is 270 g/mol. The molecule has 1 aliphatic carbocycles. The number of amides is 1. The van der Waals surface area contributed by atoms with Crippen LogP contribution in [0.25, 0.3) is 0 Å². The molecule has 0 aliphatic heterocycles. The summed E-state index contributed by atoms with van der Waals surface area (Å²) >= 11 is 0. The maximum Gasteiger partial charge on any atom is 0.303 e. The average Bonchev–Trinajstić information content (AvgIpc) is 3.08. The van der Waals surface area contributed by atoms with Crippen molar-refractivity contribution < 1.29 is 14.7 Å². The Morgan fingerprint density at radius 1 is 1.32 bits per heavy atom. The van der Waals surface area contributed by atoms with E-state index in [1.54, 1.807) is 0 Å². The van der Waals surface area contributed by atoms with Crippen LogP contribution in [0.1, 0.15) is 39.5 Å². The van der Waals surface area contributed by atoms with Crippen molar-refractivity contribution in [3.8, 4) is 0 Å². The zero-order valence-electron chi connectivity index (χ0n) is 11.9. The van der Waals surface area contributed by atoms with E-state index in [2.05, 4.69) is 24.5 Å². The van der Waals surface area contributed by atoms with Gasteiger partial charge in [0, 0.05) is 13.0 Å². The van der Waals surface area contributed by atoms with Crippen LogP contribution in [0, 0.1) is 17.8 Å². The van der Waals surface area contributed by atoms with Gasteiger partial charge in [0.2, 0.25) is 5.91 Å². The lowest BCUT2D eigenvalue weighted by Gasteiger charge is -2.17. The molecule has 1 aliphatic rings. The van der Waals surface area contributed by atoms with Gasteiger partial charge in [0.05, 0.1) is 6.54 Å². The van der Waals surface area contributed by atoms with E-state index in [4.69, 9.17) is 5.11 Å². The summed E-state index contributed by atoms with van der Waals surface area (Å²) in [5.41, 5.74) is 0. The molecule has 1 atom stereocenters. The molecular formula is C14H26N2O3. The second-order valence-electron chi connectivity index (χ2n) is 5.97. The van der Waals surface area contributed by atoms with Gasteiger partial charge in [-0.15, -0.1) is 0 Å². The number of carbonyl (C=O) groups excluding carboxylic acids is 1. The number of rotatable bonds is 10. The first-order chi connectivity index (χ1) is 8.97. The van der Waals surface area contributed by atoms with Crippen molar-refractivity contribution in [1.82, 2.24) is 10.6 Å². The molecule has 110 valence electrons. The molecule has 3 N–H and O–H groups in total. The number of hydrogen-bond donors (Lipinski definition) is 3. The molecule has 5 heteroatoms. The van der Waals surface area contributed by atoms with Crippen molar-refractivity contribution >= 4 is 11.9 Å². The molecule has 1 fully saturated rings. The fourth-order valence-electron chi connectivity index (χ4n) is 2.18. The minimum absolute atomic E-state index is 0.0184. The molecule has 0 aromatic rings. The van der Waals surface area contributed by atoms with Crippen molar-refractivity contribution in [3.05, 3.63) is 0 Å². The zero-order chi connectivity index (χ0) is 14.3. The second-order valence-corrected chi connectivity index (χ2v) is 5.97. The van der Waals surface area contributed by atoms with Crippen LogP contribution in [-0.4, -0.2) is 36.6 Å². The molecule has 0 aromatic carbocycles. The highest BCUT2D eigenvalue weighted by Crippen LogP contribution is 2.27. The number of nitrogens with one attached hydrogen (secondary N) is 2. The van der Waals surface area contributed by atoms with E-state index in [0.29, 0.717) is 19.0 Å². The van der Waals surface area contributed by atoms with Gasteiger partial charge in [-0.05, 0) is 43.6 Å². The predicted octanol–water partition coefficient (Wildman–Crippen LogP) is 1.24. The van der Waals surface area contributed by atoms with Crippen LogP contribution in [0.2, 0.25) is 0 Å². The molecule has 1 amide bonds. The van der Waals surface area contributed by atoms with Crippen molar-refractivity contribution in [3.63, 3.8) is 0 Å². The number of aliphatic carboxylic acids is 1. The van der Waals surface area contributed by atoms with Gasteiger partial charge in [-0.2, -0.15) is 0 Å². The highest BCUT2D eigenvalue weighted by Gasteiger charge is 2.21. The number of carboxylic acids is 1. The molecule has 0 heterocycles. The van der Waals surface area contributed by atoms with Crippen molar-refractivity contribution in [2.24, 2.45) is 17.8 Å². The van der Waals surface area contributed by atoms with E-state index in [1.165, 1.54) is 12.8 Å². The van der Waals surface area contributed by atoms with Gasteiger partial charge in [0.25, 0.3) is 0 Å². The second kappa shape index (κ2) is 8.15. The SMILES string of the molecule is CC(C)CC(CNC(=O)CNCC1CC1)CC(=O)O. The standard InChI is InChI=1S/C14H26N2O3/c1-10(2)5-12(6-14(18)19)8-16-13(17)9-15-7-11-3-4-11/h10-12,15H,3-9H2,1-2H3,(H,16,17)(H,18,19). The first-order valence-corrected chi connectivity index (χ1v) is 7.16. The lowest BCUT2D eigenvalue weighted by Crippen LogP contribution is -2.37. The van der Waals surface area contributed by atoms with Gasteiger partial charge in [0.15, 0.2) is 0 Å². The third-order valence-corrected chi connectivity index (χ3v) is 3.27. The fourth-order valence-corrected chi connectivity index (χ4v) is 2.18. The topological polar surface area (TPSA) is 78.4 Å². The van der Waals surface area contributed by atoms with Crippen LogP contribution < -0.4 is 10.6 Å². The zero-order valence-corrected chi connectivity index (χ0v) is 11.9. The van der Waals surface area contributed by atoms with Crippen LogP contribution >= 0.6 is 0 Å². The van der Waals surface area contributed by atoms with Crippen molar-refractivity contribution in [1.29, 1.82) is 0 Å². The summed E-state index contributed by atoms with van der Waals surface area (Å²) in [6.07, 6.45) is 3.48. The molecule has 1 unspecified atom stereocenters. The maximum atomic E-state index is 11.6. The number of hydrogen-bond acceptors (Lipinski definition) is 3. The van der Waals surface area contributed by atoms with E-state index in [1.807, 2.05) is 0 Å². The Kier molecular flexibility index (Phi) is 6.84. The normalized spacial score (nSPS) is 16.4. The Balaban J connectivity index is 2.16. The van der Waals surface area contributed by atoms with Gasteiger partial charge in [-0.25, -0.2) is 0 Å². The predicted molar refractivity (Wildman–Crippen MR) is 73.8 cm³/mol. The maximum absolute atomic E-state index is 11.6. The summed E-state index contributed by atoms with van der Waals surface area (Å²) in [4.78, 5) is 22.4. The Morgan fingerprint density at radius 2 is 2.00 bits per heavy atom. The quantitative estimate of drug-likeness (QED) is 0.558. The van der Waals surface area contributed by atoms with Crippen molar-refractivity contribution in [2.45, 2.75) is 39.5 Å². The summed E-state index contributed by atoms with van der Waals surface area (Å²) < 4.78 is 0. The first kappa shape index (κ1) is 16.0. The van der Waals surface area contributed by atoms with E-state index in [-0.39, 0.29) is 18.2 Å². The first-order valence-electron chi connectivity index (χ1n) is 7.16. The molecule has 5 nitrogen and oxygen atoms in total. The minimum atomic E-state index is -0.799. The van der Waals surface area contributed by atoms with Gasteiger partial charge in [0.1, 0.15) is 0 Å². The molecule has 0 saturated heterocycles. The summed E-state index contributed by atoms with van der Waals surface area (Å²) in [7, 11) is 0. The third-order valence-electron chi connectivity index (χ3n) is 3.27.